The minimum Gasteiger partial charge on any atom is -0.365 e. The Hall–Kier alpha value is -0.610. The summed E-state index contributed by atoms with van der Waals surface area (Å²) < 4.78 is 5.94. The number of piperidine rings is 1. The van der Waals surface area contributed by atoms with E-state index in [0.29, 0.717) is 6.10 Å². The highest BCUT2D eigenvalue weighted by Crippen LogP contribution is 2.23. The third kappa shape index (κ3) is 5.06. The quantitative estimate of drug-likeness (QED) is 0.753. The van der Waals surface area contributed by atoms with Crippen LogP contribution in [0.2, 0.25) is 0 Å². The van der Waals surface area contributed by atoms with Crippen molar-refractivity contribution >= 4 is 5.91 Å². The van der Waals surface area contributed by atoms with Gasteiger partial charge in [-0.1, -0.05) is 19.8 Å². The van der Waals surface area contributed by atoms with E-state index in [1.807, 2.05) is 6.92 Å². The van der Waals surface area contributed by atoms with Gasteiger partial charge in [0.2, 0.25) is 5.91 Å². The van der Waals surface area contributed by atoms with Crippen molar-refractivity contribution in [3.8, 4) is 0 Å². The molecule has 1 amide bonds. The molecule has 0 aromatic carbocycles. The second kappa shape index (κ2) is 8.63. The highest BCUT2D eigenvalue weighted by molar-refractivity contribution is 5.80. The monoisotopic (exact) mass is 282 g/mol. The van der Waals surface area contributed by atoms with Crippen molar-refractivity contribution in [3.05, 3.63) is 0 Å². The molecule has 1 aliphatic carbocycles. The molecule has 1 saturated heterocycles. The first-order chi connectivity index (χ1) is 9.79. The van der Waals surface area contributed by atoms with Crippen LogP contribution in [0.1, 0.15) is 58.3 Å². The van der Waals surface area contributed by atoms with Gasteiger partial charge < -0.3 is 15.4 Å². The van der Waals surface area contributed by atoms with Gasteiger partial charge in [-0.05, 0) is 57.5 Å². The first kappa shape index (κ1) is 15.8. The molecule has 1 heterocycles. The third-order valence-corrected chi connectivity index (χ3v) is 4.57. The number of carbonyl (C=O) groups is 1. The van der Waals surface area contributed by atoms with Gasteiger partial charge in [0.1, 0.15) is 6.10 Å². The zero-order chi connectivity index (χ0) is 14.2. The Balaban J connectivity index is 1.63. The van der Waals surface area contributed by atoms with E-state index in [4.69, 9.17) is 4.74 Å². The van der Waals surface area contributed by atoms with Crippen molar-refractivity contribution in [3.63, 3.8) is 0 Å². The van der Waals surface area contributed by atoms with Crippen molar-refractivity contribution in [1.82, 2.24) is 10.6 Å². The van der Waals surface area contributed by atoms with E-state index in [9.17, 15) is 4.79 Å². The summed E-state index contributed by atoms with van der Waals surface area (Å²) in [5, 5.41) is 6.48. The maximum atomic E-state index is 12.2. The van der Waals surface area contributed by atoms with Crippen LogP contribution in [-0.2, 0) is 9.53 Å². The Labute approximate surface area is 123 Å². The van der Waals surface area contributed by atoms with Gasteiger partial charge in [-0.15, -0.1) is 0 Å². The topological polar surface area (TPSA) is 50.4 Å². The fourth-order valence-corrected chi connectivity index (χ4v) is 3.28. The zero-order valence-electron chi connectivity index (χ0n) is 12.8. The highest BCUT2D eigenvalue weighted by Gasteiger charge is 2.24. The van der Waals surface area contributed by atoms with E-state index < -0.39 is 0 Å². The average molecular weight is 282 g/mol. The van der Waals surface area contributed by atoms with Crippen molar-refractivity contribution in [2.45, 2.75) is 70.5 Å². The summed E-state index contributed by atoms with van der Waals surface area (Å²) in [5.74, 6) is 0.808. The van der Waals surface area contributed by atoms with Crippen molar-refractivity contribution < 1.29 is 9.53 Å². The number of amides is 1. The molecule has 4 heteroatoms. The van der Waals surface area contributed by atoms with Crippen LogP contribution in [0.15, 0.2) is 0 Å². The number of carbonyl (C=O) groups excluding carboxylic acids is 1. The summed E-state index contributed by atoms with van der Waals surface area (Å²) in [4.78, 5) is 12.2. The molecule has 1 aliphatic heterocycles. The largest absolute Gasteiger partial charge is 0.365 e. The third-order valence-electron chi connectivity index (χ3n) is 4.57. The Morgan fingerprint density at radius 1 is 1.30 bits per heavy atom. The Bertz CT molecular complexity index is 284. The summed E-state index contributed by atoms with van der Waals surface area (Å²) in [6.07, 6.45) is 9.21. The van der Waals surface area contributed by atoms with E-state index in [0.717, 1.165) is 51.2 Å². The van der Waals surface area contributed by atoms with Crippen LogP contribution in [0.3, 0.4) is 0 Å². The van der Waals surface area contributed by atoms with Crippen LogP contribution in [-0.4, -0.2) is 37.7 Å². The van der Waals surface area contributed by atoms with Crippen molar-refractivity contribution in [1.29, 1.82) is 0 Å². The van der Waals surface area contributed by atoms with E-state index in [1.165, 1.54) is 25.7 Å². The molecule has 2 aliphatic rings. The SMILES string of the molecule is CCC(OC1CCCC1)C(=O)NCCC1CCCNC1. The van der Waals surface area contributed by atoms with E-state index >= 15 is 0 Å². The molecule has 2 rings (SSSR count). The second-order valence-corrected chi connectivity index (χ2v) is 6.23. The molecular formula is C16H30N2O2. The van der Waals surface area contributed by atoms with Crippen LogP contribution in [0, 0.1) is 5.92 Å². The first-order valence-electron chi connectivity index (χ1n) is 8.43. The second-order valence-electron chi connectivity index (χ2n) is 6.23. The van der Waals surface area contributed by atoms with Crippen LogP contribution in [0.4, 0.5) is 0 Å². The lowest BCUT2D eigenvalue weighted by Crippen LogP contribution is -2.39. The maximum absolute atomic E-state index is 12.2. The lowest BCUT2D eigenvalue weighted by molar-refractivity contribution is -0.136. The predicted octanol–water partition coefficient (Wildman–Crippen LogP) is 2.23. The maximum Gasteiger partial charge on any atom is 0.249 e. The van der Waals surface area contributed by atoms with Gasteiger partial charge in [0, 0.05) is 6.54 Å². The van der Waals surface area contributed by atoms with Gasteiger partial charge in [-0.3, -0.25) is 4.79 Å². The fraction of sp³-hybridized carbons (Fsp3) is 0.938. The summed E-state index contributed by atoms with van der Waals surface area (Å²) in [7, 11) is 0. The van der Waals surface area contributed by atoms with Crippen LogP contribution >= 0.6 is 0 Å². The van der Waals surface area contributed by atoms with Gasteiger partial charge in [0.15, 0.2) is 0 Å². The smallest absolute Gasteiger partial charge is 0.249 e. The standard InChI is InChI=1S/C16H30N2O2/c1-2-15(20-14-7-3-4-8-14)16(19)18-11-9-13-6-5-10-17-12-13/h13-15,17H,2-12H2,1H3,(H,18,19). The van der Waals surface area contributed by atoms with Gasteiger partial charge in [0.25, 0.3) is 0 Å². The number of ether oxygens (including phenoxy) is 1. The predicted molar refractivity (Wildman–Crippen MR) is 80.6 cm³/mol. The van der Waals surface area contributed by atoms with Crippen LogP contribution in [0.25, 0.3) is 0 Å². The average Bonchev–Trinajstić information content (AvgIpc) is 2.98. The molecule has 2 N–H and O–H groups in total. The van der Waals surface area contributed by atoms with Crippen LogP contribution < -0.4 is 10.6 Å². The highest BCUT2D eigenvalue weighted by atomic mass is 16.5. The molecule has 0 bridgehead atoms. The van der Waals surface area contributed by atoms with Crippen molar-refractivity contribution in [2.75, 3.05) is 19.6 Å². The molecule has 2 atom stereocenters. The Morgan fingerprint density at radius 2 is 2.10 bits per heavy atom. The summed E-state index contributed by atoms with van der Waals surface area (Å²) in [6, 6.07) is 0. The summed E-state index contributed by atoms with van der Waals surface area (Å²) in [6.45, 7) is 5.07. The van der Waals surface area contributed by atoms with Gasteiger partial charge in [-0.2, -0.15) is 0 Å². The number of nitrogens with one attached hydrogen (secondary N) is 2. The molecule has 1 saturated carbocycles. The molecule has 4 nitrogen and oxygen atoms in total. The minimum atomic E-state index is -0.248. The molecule has 20 heavy (non-hydrogen) atoms. The molecule has 0 radical (unpaired) electrons. The number of rotatable bonds is 7. The van der Waals surface area contributed by atoms with Crippen molar-refractivity contribution in [2.24, 2.45) is 5.92 Å². The van der Waals surface area contributed by atoms with Gasteiger partial charge in [-0.25, -0.2) is 0 Å². The van der Waals surface area contributed by atoms with Gasteiger partial charge in [0.05, 0.1) is 6.10 Å². The molecular weight excluding hydrogens is 252 g/mol. The molecule has 2 unspecified atom stereocenters. The Morgan fingerprint density at radius 3 is 2.75 bits per heavy atom. The normalized spacial score (nSPS) is 25.6. The van der Waals surface area contributed by atoms with Gasteiger partial charge >= 0.3 is 0 Å². The number of hydrogen-bond donors (Lipinski definition) is 2. The zero-order valence-corrected chi connectivity index (χ0v) is 12.8. The molecule has 0 aromatic heterocycles. The summed E-state index contributed by atoms with van der Waals surface area (Å²) in [5.41, 5.74) is 0. The molecule has 116 valence electrons. The van der Waals surface area contributed by atoms with E-state index in [1.54, 1.807) is 0 Å². The molecule has 0 spiro atoms. The lowest BCUT2D eigenvalue weighted by Gasteiger charge is -2.24. The number of hydrogen-bond acceptors (Lipinski definition) is 3. The first-order valence-corrected chi connectivity index (χ1v) is 8.43. The molecule has 0 aromatic rings. The van der Waals surface area contributed by atoms with E-state index in [-0.39, 0.29) is 12.0 Å². The van der Waals surface area contributed by atoms with E-state index in [2.05, 4.69) is 10.6 Å². The Kier molecular flexibility index (Phi) is 6.80. The lowest BCUT2D eigenvalue weighted by atomic mass is 9.96. The fourth-order valence-electron chi connectivity index (χ4n) is 3.28. The molecule has 2 fully saturated rings. The van der Waals surface area contributed by atoms with Crippen LogP contribution in [0.5, 0.6) is 0 Å². The minimum absolute atomic E-state index is 0.0863. The summed E-state index contributed by atoms with van der Waals surface area (Å²) >= 11 is 0.